The van der Waals surface area contributed by atoms with E-state index in [0.29, 0.717) is 0 Å². The Bertz CT molecular complexity index is 877. The number of nitrogens with one attached hydrogen (secondary N) is 1. The molecule has 2 rings (SSSR count). The number of rotatable bonds is 6. The van der Waals surface area contributed by atoms with Gasteiger partial charge < -0.3 is 30.2 Å². The first kappa shape index (κ1) is 21.3. The Labute approximate surface area is 156 Å². The van der Waals surface area contributed by atoms with E-state index in [1.807, 2.05) is 4.98 Å². The van der Waals surface area contributed by atoms with Gasteiger partial charge in [-0.1, -0.05) is 0 Å². The lowest BCUT2D eigenvalue weighted by Gasteiger charge is -2.26. The summed E-state index contributed by atoms with van der Waals surface area (Å²) in [5, 5.41) is 19.3. The number of H-pyrrole nitrogens is 1. The van der Waals surface area contributed by atoms with E-state index >= 15 is 0 Å². The van der Waals surface area contributed by atoms with Gasteiger partial charge in [-0.3, -0.25) is 28.7 Å². The van der Waals surface area contributed by atoms with E-state index in [2.05, 4.69) is 0 Å². The van der Waals surface area contributed by atoms with E-state index in [1.165, 1.54) is 0 Å². The molecule has 2 heterocycles. The molecule has 1 fully saturated rings. The van der Waals surface area contributed by atoms with E-state index in [4.69, 9.17) is 25.1 Å². The van der Waals surface area contributed by atoms with Crippen LogP contribution in [0.5, 0.6) is 0 Å². The monoisotopic (exact) mass is 401 g/mol. The maximum absolute atomic E-state index is 12.1. The zero-order chi connectivity index (χ0) is 21.2. The minimum Gasteiger partial charge on any atom is -0.480 e. The zero-order valence-electron chi connectivity index (χ0n) is 14.8. The van der Waals surface area contributed by atoms with Gasteiger partial charge in [-0.05, 0) is 0 Å². The summed E-state index contributed by atoms with van der Waals surface area (Å²) in [7, 11) is 0. The molecule has 28 heavy (non-hydrogen) atoms. The van der Waals surface area contributed by atoms with Crippen LogP contribution in [0.3, 0.4) is 0 Å². The van der Waals surface area contributed by atoms with Crippen LogP contribution < -0.4 is 17.0 Å². The first-order valence-electron chi connectivity index (χ1n) is 8.00. The second kappa shape index (κ2) is 8.33. The van der Waals surface area contributed by atoms with Gasteiger partial charge >= 0.3 is 23.6 Å². The predicted molar refractivity (Wildman–Crippen MR) is 88.0 cm³/mol. The van der Waals surface area contributed by atoms with Crippen molar-refractivity contribution in [3.05, 3.63) is 33.1 Å². The first-order valence-corrected chi connectivity index (χ1v) is 8.00. The Hall–Kier alpha value is -3.03. The molecule has 0 bridgehead atoms. The molecule has 0 aliphatic carbocycles. The third-order valence-corrected chi connectivity index (χ3v) is 3.94. The highest BCUT2D eigenvalue weighted by Crippen LogP contribution is 2.35. The molecule has 1 aliphatic heterocycles. The number of carboxylic acids is 1. The number of hydrogen-bond acceptors (Lipinski definition) is 10. The molecule has 154 valence electrons. The number of aromatic amines is 1. The molecule has 0 amide bonds. The van der Waals surface area contributed by atoms with Crippen LogP contribution in [0.25, 0.3) is 0 Å². The molecule has 13 nitrogen and oxygen atoms in total. The van der Waals surface area contributed by atoms with Crippen molar-refractivity contribution in [3.8, 4) is 0 Å². The van der Waals surface area contributed by atoms with Gasteiger partial charge in [-0.2, -0.15) is 0 Å². The van der Waals surface area contributed by atoms with Crippen molar-refractivity contribution < 1.29 is 38.8 Å². The summed E-state index contributed by atoms with van der Waals surface area (Å²) < 4.78 is 16.5. The average molecular weight is 401 g/mol. The van der Waals surface area contributed by atoms with Crippen LogP contribution in [-0.4, -0.2) is 68.1 Å². The molecule has 0 aromatic carbocycles. The second-order valence-corrected chi connectivity index (χ2v) is 6.01. The molecule has 0 radical (unpaired) electrons. The van der Waals surface area contributed by atoms with Crippen LogP contribution in [0.2, 0.25) is 0 Å². The predicted octanol–water partition coefficient (Wildman–Crippen LogP) is -2.93. The van der Waals surface area contributed by atoms with Crippen LogP contribution in [-0.2, 0) is 28.6 Å². The van der Waals surface area contributed by atoms with Crippen LogP contribution >= 0.6 is 0 Å². The summed E-state index contributed by atoms with van der Waals surface area (Å²) in [5.74, 6) is -3.24. The van der Waals surface area contributed by atoms with Crippen molar-refractivity contribution in [3.63, 3.8) is 0 Å². The van der Waals surface area contributed by atoms with E-state index in [1.54, 1.807) is 0 Å². The lowest BCUT2D eigenvalue weighted by molar-refractivity contribution is -0.167. The second-order valence-electron chi connectivity index (χ2n) is 6.01. The number of nitrogens with zero attached hydrogens (tertiary/aromatic N) is 1. The molecular formula is C15H19N3O10. The van der Waals surface area contributed by atoms with E-state index in [9.17, 15) is 29.1 Å². The van der Waals surface area contributed by atoms with Crippen molar-refractivity contribution >= 4 is 17.9 Å². The molecule has 1 aromatic rings. The Morgan fingerprint density at radius 3 is 2.29 bits per heavy atom. The number of carboxylic acid groups (broad SMARTS) is 1. The molecule has 1 aromatic heterocycles. The van der Waals surface area contributed by atoms with Crippen molar-refractivity contribution in [1.29, 1.82) is 0 Å². The van der Waals surface area contributed by atoms with Crippen LogP contribution in [0.4, 0.5) is 0 Å². The third-order valence-electron chi connectivity index (χ3n) is 3.94. The van der Waals surface area contributed by atoms with Crippen LogP contribution in [0.15, 0.2) is 21.9 Å². The number of aliphatic hydroxyl groups excluding tert-OH is 1. The highest BCUT2D eigenvalue weighted by Gasteiger charge is 2.54. The maximum Gasteiger partial charge on any atom is 0.330 e. The summed E-state index contributed by atoms with van der Waals surface area (Å²) in [4.78, 5) is 59.5. The van der Waals surface area contributed by atoms with Gasteiger partial charge in [0.15, 0.2) is 18.4 Å². The molecule has 1 saturated heterocycles. The van der Waals surface area contributed by atoms with Crippen LogP contribution in [0, 0.1) is 0 Å². The fourth-order valence-electron chi connectivity index (χ4n) is 2.78. The van der Waals surface area contributed by atoms with Gasteiger partial charge in [0.2, 0.25) is 0 Å². The molecule has 0 spiro atoms. The summed E-state index contributed by atoms with van der Waals surface area (Å²) >= 11 is 0. The standard InChI is InChI=1S/C15H19N3O10/c1-5(19)26-11-10(9(22)8(16)14(23)24)28-13(12(11)27-6(2)20)18-4-3-7(21)17-15(18)25/h3-4,8-13,22H,16H2,1-2H3,(H,23,24)(H,17,21,25)/t8-,9-,10+,11-,12-,13+/m1/s1. The number of carbonyl (C=O) groups excluding carboxylic acids is 2. The highest BCUT2D eigenvalue weighted by molar-refractivity contribution is 5.74. The summed E-state index contributed by atoms with van der Waals surface area (Å²) in [6, 6.07) is -0.838. The zero-order valence-corrected chi connectivity index (χ0v) is 14.8. The SMILES string of the molecule is CC(=O)O[C@H]1[C@@H](OC(C)=O)[C@@H](n2ccc(=O)[nH]c2=O)O[C@H]1[C@H](O)[C@@H](N)C(=O)O. The van der Waals surface area contributed by atoms with E-state index in [-0.39, 0.29) is 0 Å². The minimum absolute atomic E-state index is 0.704. The van der Waals surface area contributed by atoms with E-state index < -0.39 is 65.8 Å². The molecule has 1 aliphatic rings. The first-order chi connectivity index (χ1) is 13.0. The topological polar surface area (TPSA) is 200 Å². The maximum atomic E-state index is 12.1. The number of hydrogen-bond donors (Lipinski definition) is 4. The Morgan fingerprint density at radius 1 is 1.21 bits per heavy atom. The fraction of sp³-hybridized carbons (Fsp3) is 0.533. The van der Waals surface area contributed by atoms with Gasteiger partial charge in [0.25, 0.3) is 5.56 Å². The fourth-order valence-corrected chi connectivity index (χ4v) is 2.78. The summed E-state index contributed by atoms with van der Waals surface area (Å²) in [6.45, 7) is 2.08. The number of nitrogens with two attached hydrogens (primary N) is 1. The smallest absolute Gasteiger partial charge is 0.330 e. The van der Waals surface area contributed by atoms with Crippen LogP contribution in [0.1, 0.15) is 20.1 Å². The van der Waals surface area contributed by atoms with Gasteiger partial charge in [0.05, 0.1) is 0 Å². The van der Waals surface area contributed by atoms with Gasteiger partial charge in [0.1, 0.15) is 18.2 Å². The third kappa shape index (κ3) is 4.44. The average Bonchev–Trinajstić information content (AvgIpc) is 2.90. The molecule has 13 heteroatoms. The lowest BCUT2D eigenvalue weighted by atomic mass is 9.99. The number of aromatic nitrogens is 2. The number of esters is 2. The van der Waals surface area contributed by atoms with Crippen molar-refractivity contribution in [1.82, 2.24) is 9.55 Å². The highest BCUT2D eigenvalue weighted by atomic mass is 16.6. The Morgan fingerprint density at radius 2 is 1.79 bits per heavy atom. The van der Waals surface area contributed by atoms with E-state index in [0.717, 1.165) is 30.7 Å². The number of carbonyl (C=O) groups is 3. The molecule has 0 saturated carbocycles. The minimum atomic E-state index is -1.89. The Kier molecular flexibility index (Phi) is 6.33. The van der Waals surface area contributed by atoms with Gasteiger partial charge in [-0.25, -0.2) is 4.79 Å². The normalized spacial score (nSPS) is 26.3. The largest absolute Gasteiger partial charge is 0.480 e. The Balaban J connectivity index is 2.52. The number of aliphatic carboxylic acids is 1. The van der Waals surface area contributed by atoms with Crippen molar-refractivity contribution in [2.45, 2.75) is 50.5 Å². The molecule has 0 unspecified atom stereocenters. The molecular weight excluding hydrogens is 382 g/mol. The quantitative estimate of drug-likeness (QED) is 0.356. The number of aliphatic hydroxyl groups is 1. The van der Waals surface area contributed by atoms with Gasteiger partial charge in [0, 0.05) is 26.1 Å². The van der Waals surface area contributed by atoms with Crippen molar-refractivity contribution in [2.75, 3.05) is 0 Å². The summed E-state index contributed by atoms with van der Waals surface area (Å²) in [5.41, 5.74) is 3.78. The van der Waals surface area contributed by atoms with Crippen molar-refractivity contribution in [2.24, 2.45) is 5.73 Å². The number of ether oxygens (including phenoxy) is 3. The lowest BCUT2D eigenvalue weighted by Crippen LogP contribution is -2.53. The molecule has 5 N–H and O–H groups in total. The molecule has 6 atom stereocenters. The van der Waals surface area contributed by atoms with Gasteiger partial charge in [-0.15, -0.1) is 0 Å². The summed E-state index contributed by atoms with van der Waals surface area (Å²) in [6.07, 6.45) is -6.76.